The van der Waals surface area contributed by atoms with Crippen molar-refractivity contribution in [3.8, 4) is 11.1 Å². The maximum absolute atomic E-state index is 15.0. The molecule has 3 fully saturated rings. The number of hydrogen-bond donors (Lipinski definition) is 1. The highest BCUT2D eigenvalue weighted by Gasteiger charge is 2.80. The molecule has 1 saturated carbocycles. The summed E-state index contributed by atoms with van der Waals surface area (Å²) < 4.78 is 35.5. The minimum atomic E-state index is -2.78. The van der Waals surface area contributed by atoms with E-state index in [0.717, 1.165) is 17.5 Å². The third-order valence-electron chi connectivity index (χ3n) is 7.38. The van der Waals surface area contributed by atoms with Crippen LogP contribution in [0.4, 0.5) is 8.78 Å². The second kappa shape index (κ2) is 7.66. The highest BCUT2D eigenvalue weighted by Crippen LogP contribution is 2.75. The fourth-order valence-corrected chi connectivity index (χ4v) is 5.44. The highest BCUT2D eigenvalue weighted by molar-refractivity contribution is 5.88. The van der Waals surface area contributed by atoms with Crippen molar-refractivity contribution < 1.29 is 28.2 Å². The molecule has 168 valence electrons. The number of halogens is 2. The summed E-state index contributed by atoms with van der Waals surface area (Å²) in [5.41, 5.74) is 1.42. The summed E-state index contributed by atoms with van der Waals surface area (Å²) in [5, 5.41) is 9.02. The Bertz CT molecular complexity index is 1020. The number of carboxylic acids is 1. The van der Waals surface area contributed by atoms with Crippen LogP contribution in [0.2, 0.25) is 0 Å². The molecule has 0 aromatic heterocycles. The van der Waals surface area contributed by atoms with Gasteiger partial charge in [0.05, 0.1) is 16.9 Å². The Morgan fingerprint density at radius 2 is 1.56 bits per heavy atom. The Morgan fingerprint density at radius 1 is 0.969 bits per heavy atom. The molecular weight excluding hydrogens is 416 g/mol. The first-order chi connectivity index (χ1) is 15.3. The van der Waals surface area contributed by atoms with Gasteiger partial charge in [-0.2, -0.15) is 0 Å². The molecule has 2 atom stereocenters. The van der Waals surface area contributed by atoms with E-state index in [1.165, 1.54) is 12.1 Å². The Morgan fingerprint density at radius 3 is 2.09 bits per heavy atom. The van der Waals surface area contributed by atoms with Crippen molar-refractivity contribution in [1.82, 2.24) is 4.90 Å². The molecule has 2 aromatic carbocycles. The SMILES string of the molecule is O=C(O)c1ccc(-c2ccc([C@H]3C(F)(F)C34CCN(C(=O)[C@H]3CCCO3)CC4)cc2)cc1. The van der Waals surface area contributed by atoms with Crippen molar-refractivity contribution in [2.75, 3.05) is 19.7 Å². The first kappa shape index (κ1) is 21.1. The minimum Gasteiger partial charge on any atom is -0.478 e. The van der Waals surface area contributed by atoms with Crippen molar-refractivity contribution in [1.29, 1.82) is 0 Å². The molecule has 7 heteroatoms. The zero-order chi connectivity index (χ0) is 22.5. The van der Waals surface area contributed by atoms with E-state index >= 15 is 8.78 Å². The highest BCUT2D eigenvalue weighted by atomic mass is 19.3. The third kappa shape index (κ3) is 3.30. The lowest BCUT2D eigenvalue weighted by Crippen LogP contribution is -2.45. The van der Waals surface area contributed by atoms with Crippen molar-refractivity contribution in [2.45, 2.75) is 43.6 Å². The van der Waals surface area contributed by atoms with Gasteiger partial charge in [0.15, 0.2) is 0 Å². The van der Waals surface area contributed by atoms with Gasteiger partial charge in [-0.3, -0.25) is 4.79 Å². The number of likely N-dealkylation sites (tertiary alicyclic amines) is 1. The van der Waals surface area contributed by atoms with Gasteiger partial charge >= 0.3 is 5.97 Å². The molecule has 2 aromatic rings. The zero-order valence-electron chi connectivity index (χ0n) is 17.6. The number of hydrogen-bond acceptors (Lipinski definition) is 3. The second-order valence-corrected chi connectivity index (χ2v) is 9.04. The van der Waals surface area contributed by atoms with Crippen LogP contribution in [0.1, 0.15) is 47.5 Å². The van der Waals surface area contributed by atoms with Crippen LogP contribution in [0.25, 0.3) is 11.1 Å². The molecule has 5 nitrogen and oxygen atoms in total. The summed E-state index contributed by atoms with van der Waals surface area (Å²) in [5.74, 6) is -4.66. The monoisotopic (exact) mass is 441 g/mol. The van der Waals surface area contributed by atoms with Crippen LogP contribution in [0.15, 0.2) is 48.5 Å². The van der Waals surface area contributed by atoms with E-state index in [1.54, 1.807) is 29.2 Å². The number of rotatable bonds is 4. The smallest absolute Gasteiger partial charge is 0.335 e. The van der Waals surface area contributed by atoms with E-state index < -0.39 is 29.3 Å². The van der Waals surface area contributed by atoms with Crippen LogP contribution in [0.3, 0.4) is 0 Å². The van der Waals surface area contributed by atoms with Gasteiger partial charge in [0.25, 0.3) is 11.8 Å². The van der Waals surface area contributed by atoms with Crippen LogP contribution < -0.4 is 0 Å². The zero-order valence-corrected chi connectivity index (χ0v) is 17.6. The summed E-state index contributed by atoms with van der Waals surface area (Å²) in [4.78, 5) is 25.3. The van der Waals surface area contributed by atoms with E-state index in [9.17, 15) is 9.59 Å². The molecule has 0 radical (unpaired) electrons. The Balaban J connectivity index is 1.28. The number of aromatic carboxylic acids is 1. The molecule has 1 N–H and O–H groups in total. The Hall–Kier alpha value is -2.80. The van der Waals surface area contributed by atoms with Gasteiger partial charge in [-0.1, -0.05) is 36.4 Å². The van der Waals surface area contributed by atoms with Gasteiger partial charge in [0.1, 0.15) is 6.10 Å². The lowest BCUT2D eigenvalue weighted by molar-refractivity contribution is -0.143. The predicted molar refractivity (Wildman–Crippen MR) is 114 cm³/mol. The predicted octanol–water partition coefficient (Wildman–Crippen LogP) is 4.57. The largest absolute Gasteiger partial charge is 0.478 e. The number of nitrogens with zero attached hydrogens (tertiary/aromatic N) is 1. The summed E-state index contributed by atoms with van der Waals surface area (Å²) in [7, 11) is 0. The Kier molecular flexibility index (Phi) is 5.04. The molecule has 0 unspecified atom stereocenters. The lowest BCUT2D eigenvalue weighted by Gasteiger charge is -2.34. The molecular formula is C25H25F2NO4. The van der Waals surface area contributed by atoms with Crippen molar-refractivity contribution in [3.63, 3.8) is 0 Å². The van der Waals surface area contributed by atoms with Crippen molar-refractivity contribution in [3.05, 3.63) is 59.7 Å². The molecule has 5 rings (SSSR count). The molecule has 32 heavy (non-hydrogen) atoms. The Labute approximate surface area is 185 Å². The number of carbonyl (C=O) groups is 2. The maximum atomic E-state index is 15.0. The third-order valence-corrected chi connectivity index (χ3v) is 7.38. The number of piperidine rings is 1. The van der Waals surface area contributed by atoms with Gasteiger partial charge < -0.3 is 14.7 Å². The van der Waals surface area contributed by atoms with Gasteiger partial charge in [-0.15, -0.1) is 0 Å². The van der Waals surface area contributed by atoms with E-state index in [2.05, 4.69) is 0 Å². The van der Waals surface area contributed by atoms with Gasteiger partial charge in [-0.05, 0) is 54.5 Å². The van der Waals surface area contributed by atoms with E-state index in [-0.39, 0.29) is 11.5 Å². The van der Waals surface area contributed by atoms with Gasteiger partial charge in [0.2, 0.25) is 0 Å². The molecule has 3 aliphatic rings. The average molecular weight is 441 g/mol. The van der Waals surface area contributed by atoms with Crippen LogP contribution in [-0.4, -0.2) is 53.6 Å². The number of carbonyl (C=O) groups excluding carboxylic acids is 1. The lowest BCUT2D eigenvalue weighted by atomic mass is 9.88. The van der Waals surface area contributed by atoms with Crippen LogP contribution in [0.5, 0.6) is 0 Å². The summed E-state index contributed by atoms with van der Waals surface area (Å²) >= 11 is 0. The normalized spacial score (nSPS) is 25.6. The van der Waals surface area contributed by atoms with E-state index in [4.69, 9.17) is 9.84 Å². The maximum Gasteiger partial charge on any atom is 0.335 e. The van der Waals surface area contributed by atoms with Gasteiger partial charge in [0, 0.05) is 19.7 Å². The topological polar surface area (TPSA) is 66.8 Å². The summed E-state index contributed by atoms with van der Waals surface area (Å²) in [6, 6.07) is 13.6. The molecule has 2 aliphatic heterocycles. The molecule has 1 amide bonds. The number of carboxylic acid groups (broad SMARTS) is 1. The fourth-order valence-electron chi connectivity index (χ4n) is 5.44. The molecule has 1 spiro atoms. The number of amides is 1. The van der Waals surface area contributed by atoms with Crippen LogP contribution in [-0.2, 0) is 9.53 Å². The summed E-state index contributed by atoms with van der Waals surface area (Å²) in [6.45, 7) is 1.28. The first-order valence-electron chi connectivity index (χ1n) is 11.1. The number of alkyl halides is 2. The molecule has 2 saturated heterocycles. The second-order valence-electron chi connectivity index (χ2n) is 9.04. The quantitative estimate of drug-likeness (QED) is 0.755. The van der Waals surface area contributed by atoms with Gasteiger partial charge in [-0.25, -0.2) is 13.6 Å². The number of benzene rings is 2. The summed E-state index contributed by atoms with van der Waals surface area (Å²) in [6.07, 6.45) is 1.76. The van der Waals surface area contributed by atoms with Crippen LogP contribution >= 0.6 is 0 Å². The van der Waals surface area contributed by atoms with Crippen LogP contribution in [0, 0.1) is 5.41 Å². The molecule has 1 aliphatic carbocycles. The van der Waals surface area contributed by atoms with Crippen molar-refractivity contribution >= 4 is 11.9 Å². The first-order valence-corrected chi connectivity index (χ1v) is 11.1. The number of ether oxygens (including phenoxy) is 1. The fraction of sp³-hybridized carbons (Fsp3) is 0.440. The minimum absolute atomic E-state index is 0.0591. The average Bonchev–Trinajstić information content (AvgIpc) is 3.15. The van der Waals surface area contributed by atoms with E-state index in [0.29, 0.717) is 44.5 Å². The van der Waals surface area contributed by atoms with Crippen molar-refractivity contribution in [2.24, 2.45) is 5.41 Å². The molecule has 2 heterocycles. The standard InChI is InChI=1S/C25H25F2NO4/c26-25(27)21(24(25)11-13-28(14-12-24)22(29)20-2-1-15-32-20)18-7-3-16(4-8-18)17-5-9-19(10-6-17)23(30)31/h3-10,20-21H,1-2,11-15H2,(H,30,31)/t20-,21-/m1/s1. The molecule has 0 bridgehead atoms. The van der Waals surface area contributed by atoms with E-state index in [1.807, 2.05) is 12.1 Å².